The van der Waals surface area contributed by atoms with Crippen molar-refractivity contribution < 1.29 is 19.8 Å². The molecule has 1 aliphatic heterocycles. The van der Waals surface area contributed by atoms with Gasteiger partial charge in [-0.25, -0.2) is 0 Å². The molecule has 1 rings (SSSR count). The summed E-state index contributed by atoms with van der Waals surface area (Å²) in [7, 11) is 1.87. The van der Waals surface area contributed by atoms with Crippen LogP contribution in [0.3, 0.4) is 0 Å². The van der Waals surface area contributed by atoms with Crippen LogP contribution < -0.4 is 0 Å². The molecule has 1 aliphatic rings. The first-order valence-corrected chi connectivity index (χ1v) is 5.50. The number of nitrogens with zero attached hydrogens (tertiary/aromatic N) is 2. The Morgan fingerprint density at radius 2 is 1.80 bits per heavy atom. The monoisotopic (exact) mass is 328 g/mol. The number of aliphatic hydroxyl groups excluding tert-OH is 2. The Hall–Kier alpha value is -0.250. The van der Waals surface area contributed by atoms with Gasteiger partial charge in [-0.15, -0.1) is 0 Å². The molecule has 0 radical (unpaired) electrons. The lowest BCUT2D eigenvalue weighted by molar-refractivity contribution is -0.141. The number of carbonyl (C=O) groups is 2. The number of carbonyl (C=O) groups excluding carboxylic acids is 2. The Bertz CT molecular complexity index is 251. The molecule has 15 heavy (non-hydrogen) atoms. The summed E-state index contributed by atoms with van der Waals surface area (Å²) in [6, 6.07) is 0. The Morgan fingerprint density at radius 3 is 2.20 bits per heavy atom. The number of amides is 2. The van der Waals surface area contributed by atoms with E-state index in [4.69, 9.17) is 10.2 Å². The minimum absolute atomic E-state index is 0.235. The molecule has 0 spiro atoms. The van der Waals surface area contributed by atoms with Gasteiger partial charge in [-0.1, -0.05) is 0 Å². The quantitative estimate of drug-likeness (QED) is 0.383. The van der Waals surface area contributed by atoms with Crippen molar-refractivity contribution in [3.63, 3.8) is 0 Å². The fourth-order valence-electron chi connectivity index (χ4n) is 1.37. The molecule has 0 saturated carbocycles. The van der Waals surface area contributed by atoms with Gasteiger partial charge in [-0.3, -0.25) is 17.6 Å². The molecule has 2 amide bonds. The average Bonchev–Trinajstić information content (AvgIpc) is 2.34. The summed E-state index contributed by atoms with van der Waals surface area (Å²) in [5.41, 5.74) is 0. The lowest BCUT2D eigenvalue weighted by atomic mass is 10.2. The van der Waals surface area contributed by atoms with Crippen molar-refractivity contribution in [2.45, 2.75) is 18.6 Å². The van der Waals surface area contributed by atoms with Crippen LogP contribution in [0.15, 0.2) is 0 Å². The largest absolute Gasteiger partial charge is 0.380 e. The lowest BCUT2D eigenvalue weighted by Gasteiger charge is -2.14. The molecule has 2 N–H and O–H groups in total. The third-order valence-corrected chi connectivity index (χ3v) is 2.67. The third kappa shape index (κ3) is 2.86. The molecule has 0 bridgehead atoms. The van der Waals surface area contributed by atoms with Gasteiger partial charge in [0.05, 0.1) is 0 Å². The summed E-state index contributed by atoms with van der Waals surface area (Å²) in [5.74, 6) is -1.41. The molecule has 2 unspecified atom stereocenters. The highest BCUT2D eigenvalue weighted by molar-refractivity contribution is 14.1. The van der Waals surface area contributed by atoms with Crippen molar-refractivity contribution >= 4 is 34.7 Å². The maximum absolute atomic E-state index is 11.3. The minimum Gasteiger partial charge on any atom is -0.380 e. The Balaban J connectivity index is 2.48. The predicted molar refractivity (Wildman–Crippen MR) is 60.0 cm³/mol. The van der Waals surface area contributed by atoms with E-state index in [0.29, 0.717) is 6.42 Å². The van der Waals surface area contributed by atoms with Crippen molar-refractivity contribution in [3.05, 3.63) is 0 Å². The summed E-state index contributed by atoms with van der Waals surface area (Å²) in [6.07, 6.45) is -2.55. The number of likely N-dealkylation sites (tertiary alicyclic amines) is 1. The van der Waals surface area contributed by atoms with E-state index in [-0.39, 0.29) is 6.54 Å². The van der Waals surface area contributed by atoms with Gasteiger partial charge in [0.1, 0.15) is 0 Å². The van der Waals surface area contributed by atoms with E-state index in [1.165, 1.54) is 0 Å². The summed E-state index contributed by atoms with van der Waals surface area (Å²) >= 11 is 2.09. The smallest absolute Gasteiger partial charge is 0.261 e. The third-order valence-electron chi connectivity index (χ3n) is 2.19. The molecule has 2 atom stereocenters. The molecule has 0 aromatic rings. The molecule has 7 heteroatoms. The zero-order chi connectivity index (χ0) is 11.6. The first-order chi connectivity index (χ1) is 6.95. The SMILES string of the molecule is CN(I)CCCN1C(=O)C(O)C(O)C1=O. The highest BCUT2D eigenvalue weighted by Crippen LogP contribution is 2.14. The van der Waals surface area contributed by atoms with E-state index in [2.05, 4.69) is 22.9 Å². The van der Waals surface area contributed by atoms with Gasteiger partial charge in [0.15, 0.2) is 12.2 Å². The maximum Gasteiger partial charge on any atom is 0.261 e. The van der Waals surface area contributed by atoms with Gasteiger partial charge in [0.25, 0.3) is 11.8 Å². The van der Waals surface area contributed by atoms with Crippen molar-refractivity contribution in [1.82, 2.24) is 8.01 Å². The number of aliphatic hydroxyl groups is 2. The second-order valence-corrected chi connectivity index (χ2v) is 5.05. The van der Waals surface area contributed by atoms with Crippen molar-refractivity contribution in [1.29, 1.82) is 0 Å². The van der Waals surface area contributed by atoms with Crippen LogP contribution in [0, 0.1) is 0 Å². The van der Waals surface area contributed by atoms with Gasteiger partial charge in [-0.2, -0.15) is 0 Å². The van der Waals surface area contributed by atoms with Crippen LogP contribution in [0.2, 0.25) is 0 Å². The van der Waals surface area contributed by atoms with Crippen LogP contribution in [-0.2, 0) is 9.59 Å². The van der Waals surface area contributed by atoms with Crippen LogP contribution >= 0.6 is 22.9 Å². The number of rotatable bonds is 4. The lowest BCUT2D eigenvalue weighted by Crippen LogP contribution is -2.34. The molecular formula is C8H13IN2O4. The van der Waals surface area contributed by atoms with Crippen molar-refractivity contribution in [2.24, 2.45) is 0 Å². The summed E-state index contributed by atoms with van der Waals surface area (Å²) in [5, 5.41) is 18.3. The molecule has 6 nitrogen and oxygen atoms in total. The standard InChI is InChI=1S/C8H13IN2O4/c1-10(9)3-2-4-11-7(14)5(12)6(13)8(11)15/h5-6,12-13H,2-4H2,1H3. The summed E-state index contributed by atoms with van der Waals surface area (Å²) < 4.78 is 1.90. The van der Waals surface area contributed by atoms with E-state index in [0.717, 1.165) is 11.4 Å². The molecule has 86 valence electrons. The number of halogens is 1. The van der Waals surface area contributed by atoms with Crippen molar-refractivity contribution in [3.8, 4) is 0 Å². The normalized spacial score (nSPS) is 26.9. The van der Waals surface area contributed by atoms with Crippen LogP contribution in [0.4, 0.5) is 0 Å². The Kier molecular flexibility index (Phi) is 4.44. The summed E-state index contributed by atoms with van der Waals surface area (Å²) in [4.78, 5) is 23.5. The second-order valence-electron chi connectivity index (χ2n) is 3.40. The number of hydrogen-bond acceptors (Lipinski definition) is 5. The van der Waals surface area contributed by atoms with Crippen LogP contribution in [0.25, 0.3) is 0 Å². The summed E-state index contributed by atoms with van der Waals surface area (Å²) in [6.45, 7) is 0.961. The second kappa shape index (κ2) is 5.19. The minimum atomic E-state index is -1.59. The Morgan fingerprint density at radius 1 is 1.33 bits per heavy atom. The van der Waals surface area contributed by atoms with Gasteiger partial charge in [0.2, 0.25) is 0 Å². The van der Waals surface area contributed by atoms with E-state index in [1.807, 2.05) is 10.2 Å². The van der Waals surface area contributed by atoms with E-state index in [9.17, 15) is 9.59 Å². The zero-order valence-electron chi connectivity index (χ0n) is 8.26. The molecular weight excluding hydrogens is 315 g/mol. The number of imide groups is 1. The fraction of sp³-hybridized carbons (Fsp3) is 0.750. The van der Waals surface area contributed by atoms with Gasteiger partial charge >= 0.3 is 0 Å². The zero-order valence-corrected chi connectivity index (χ0v) is 10.4. The number of hydrogen-bond donors (Lipinski definition) is 2. The molecule has 0 aliphatic carbocycles. The van der Waals surface area contributed by atoms with Crippen LogP contribution in [-0.4, -0.2) is 62.4 Å². The van der Waals surface area contributed by atoms with Gasteiger partial charge in [0, 0.05) is 36.0 Å². The van der Waals surface area contributed by atoms with Gasteiger partial charge < -0.3 is 10.2 Å². The average molecular weight is 328 g/mol. The molecule has 1 fully saturated rings. The highest BCUT2D eigenvalue weighted by Gasteiger charge is 2.45. The van der Waals surface area contributed by atoms with Gasteiger partial charge in [-0.05, 0) is 13.5 Å². The van der Waals surface area contributed by atoms with E-state index < -0.39 is 24.0 Å². The molecule has 1 saturated heterocycles. The first-order valence-electron chi connectivity index (χ1n) is 4.53. The highest BCUT2D eigenvalue weighted by atomic mass is 127. The van der Waals surface area contributed by atoms with E-state index in [1.54, 1.807) is 0 Å². The van der Waals surface area contributed by atoms with Crippen molar-refractivity contribution in [2.75, 3.05) is 20.1 Å². The molecule has 0 aromatic carbocycles. The van der Waals surface area contributed by atoms with Crippen LogP contribution in [0.5, 0.6) is 0 Å². The molecule has 0 aromatic heterocycles. The first kappa shape index (κ1) is 12.8. The maximum atomic E-state index is 11.3. The topological polar surface area (TPSA) is 81.1 Å². The van der Waals surface area contributed by atoms with Crippen LogP contribution in [0.1, 0.15) is 6.42 Å². The Labute approximate surface area is 101 Å². The molecule has 1 heterocycles. The van der Waals surface area contributed by atoms with E-state index >= 15 is 0 Å². The predicted octanol–water partition coefficient (Wildman–Crippen LogP) is -1.25. The fourth-order valence-corrected chi connectivity index (χ4v) is 1.71.